The van der Waals surface area contributed by atoms with Crippen LogP contribution in [0.4, 0.5) is 11.5 Å². The first-order valence-electron chi connectivity index (χ1n) is 11.2. The number of thioether (sulfide) groups is 1. The second-order valence-electron chi connectivity index (χ2n) is 7.88. The summed E-state index contributed by atoms with van der Waals surface area (Å²) in [4.78, 5) is 23.0. The van der Waals surface area contributed by atoms with Gasteiger partial charge in [-0.15, -0.1) is 11.8 Å². The summed E-state index contributed by atoms with van der Waals surface area (Å²) >= 11 is 1.76. The van der Waals surface area contributed by atoms with Crippen LogP contribution < -0.4 is 20.1 Å². The van der Waals surface area contributed by atoms with Gasteiger partial charge < -0.3 is 25.2 Å². The van der Waals surface area contributed by atoms with Crippen LogP contribution in [-0.4, -0.2) is 58.1 Å². The van der Waals surface area contributed by atoms with E-state index in [1.807, 2.05) is 19.1 Å². The fraction of sp³-hybridized carbons (Fsp3) is 0.565. The third-order valence-corrected chi connectivity index (χ3v) is 5.94. The number of rotatable bonds is 9. The van der Waals surface area contributed by atoms with Crippen LogP contribution in [0.1, 0.15) is 45.7 Å². The Bertz CT molecular complexity index is 891. The molecule has 1 fully saturated rings. The summed E-state index contributed by atoms with van der Waals surface area (Å²) in [7, 11) is 1.61. The molecule has 1 aliphatic rings. The third-order valence-electron chi connectivity index (χ3n) is 4.80. The lowest BCUT2D eigenvalue weighted by molar-refractivity contribution is -0.140. The zero-order valence-corrected chi connectivity index (χ0v) is 20.9. The molecule has 182 valence electrons. The van der Waals surface area contributed by atoms with Crippen molar-refractivity contribution in [3.63, 3.8) is 0 Å². The molecule has 33 heavy (non-hydrogen) atoms. The first-order valence-corrected chi connectivity index (χ1v) is 12.2. The van der Waals surface area contributed by atoms with Crippen LogP contribution in [0.25, 0.3) is 0 Å². The van der Waals surface area contributed by atoms with Crippen LogP contribution >= 0.6 is 11.8 Å². The second kappa shape index (κ2) is 13.8. The Balaban J connectivity index is 0.000000569. The average Bonchev–Trinajstić information content (AvgIpc) is 2.80. The van der Waals surface area contributed by atoms with Crippen LogP contribution in [-0.2, 0) is 4.79 Å². The molecule has 0 aromatic carbocycles. The maximum Gasteiger partial charge on any atom is 0.305 e. The van der Waals surface area contributed by atoms with Crippen molar-refractivity contribution >= 4 is 29.2 Å². The highest BCUT2D eigenvalue weighted by molar-refractivity contribution is 7.99. The van der Waals surface area contributed by atoms with Crippen LogP contribution in [0, 0.1) is 12.8 Å². The molecule has 0 saturated carbocycles. The molecule has 0 radical (unpaired) electrons. The molecule has 0 amide bonds. The van der Waals surface area contributed by atoms with E-state index in [1.54, 1.807) is 32.7 Å². The zero-order valence-electron chi connectivity index (χ0n) is 20.1. The number of nitrogens with zero attached hydrogens (tertiary/aromatic N) is 3. The van der Waals surface area contributed by atoms with Crippen LogP contribution in [0.5, 0.6) is 11.6 Å². The van der Waals surface area contributed by atoms with E-state index in [4.69, 9.17) is 14.6 Å². The molecule has 2 aromatic rings. The summed E-state index contributed by atoms with van der Waals surface area (Å²) in [6.07, 6.45) is 4.67. The Kier molecular flexibility index (Phi) is 11.2. The summed E-state index contributed by atoms with van der Waals surface area (Å²) in [6.45, 7) is 9.34. The van der Waals surface area contributed by atoms with Gasteiger partial charge in [-0.3, -0.25) is 4.79 Å². The van der Waals surface area contributed by atoms with Crippen LogP contribution in [0.15, 0.2) is 23.5 Å². The first-order chi connectivity index (χ1) is 15.8. The molecule has 0 spiro atoms. The molecule has 3 N–H and O–H groups in total. The van der Waals surface area contributed by atoms with Crippen molar-refractivity contribution in [1.29, 1.82) is 0 Å². The number of aryl methyl sites for hydroxylation is 1. The maximum absolute atomic E-state index is 9.70. The molecule has 1 aliphatic heterocycles. The third kappa shape index (κ3) is 8.70. The Hall–Kier alpha value is -2.59. The minimum Gasteiger partial charge on any atom is -0.489 e. The lowest BCUT2D eigenvalue weighted by Gasteiger charge is -2.24. The minimum absolute atomic E-state index is 0.140. The van der Waals surface area contributed by atoms with Crippen molar-refractivity contribution in [2.24, 2.45) is 5.92 Å². The Labute approximate surface area is 200 Å². The SMILES string of the molecule is CC(C)C(=O)O.CCCSc1ccc(Nc2ncnc(OC3CCNCC3)c2OC)c(C)n1. The van der Waals surface area contributed by atoms with Gasteiger partial charge in [-0.05, 0) is 57.2 Å². The number of hydrogen-bond acceptors (Lipinski definition) is 9. The monoisotopic (exact) mass is 477 g/mol. The first kappa shape index (κ1) is 26.7. The van der Waals surface area contributed by atoms with Gasteiger partial charge in [-0.2, -0.15) is 4.98 Å². The normalized spacial score (nSPS) is 13.8. The van der Waals surface area contributed by atoms with Crippen molar-refractivity contribution < 1.29 is 19.4 Å². The number of aromatic nitrogens is 3. The van der Waals surface area contributed by atoms with E-state index < -0.39 is 5.97 Å². The topological polar surface area (TPSA) is 118 Å². The number of piperidine rings is 1. The standard InChI is InChI=1S/C19H27N5O2S.C4H8O2/c1-4-11-27-16-6-5-15(13(2)23-16)24-18-17(25-3)19(22-12-21-18)26-14-7-9-20-10-8-14;1-3(2)4(5)6/h5-6,12,14,20H,4,7-11H2,1-3H3,(H,21,22,24);3H,1-2H3,(H,5,6). The van der Waals surface area contributed by atoms with Gasteiger partial charge in [-0.1, -0.05) is 20.8 Å². The van der Waals surface area contributed by atoms with E-state index >= 15 is 0 Å². The molecule has 0 atom stereocenters. The largest absolute Gasteiger partial charge is 0.489 e. The van der Waals surface area contributed by atoms with Crippen molar-refractivity contribution in [2.75, 3.05) is 31.3 Å². The number of aliphatic carboxylic acids is 1. The van der Waals surface area contributed by atoms with E-state index in [-0.39, 0.29) is 12.0 Å². The van der Waals surface area contributed by atoms with Gasteiger partial charge in [0.15, 0.2) is 5.82 Å². The highest BCUT2D eigenvalue weighted by atomic mass is 32.2. The second-order valence-corrected chi connectivity index (χ2v) is 8.99. The zero-order chi connectivity index (χ0) is 24.2. The molecule has 3 heterocycles. The number of ether oxygens (including phenoxy) is 2. The Morgan fingerprint density at radius 1 is 1.30 bits per heavy atom. The van der Waals surface area contributed by atoms with Crippen LogP contribution in [0.2, 0.25) is 0 Å². The molecule has 0 bridgehead atoms. The molecule has 0 unspecified atom stereocenters. The van der Waals surface area contributed by atoms with Crippen molar-refractivity contribution in [3.05, 3.63) is 24.2 Å². The van der Waals surface area contributed by atoms with Crippen molar-refractivity contribution in [2.45, 2.75) is 58.1 Å². The lowest BCUT2D eigenvalue weighted by atomic mass is 10.1. The number of carboxylic acid groups (broad SMARTS) is 1. The number of pyridine rings is 1. The molecule has 9 nitrogen and oxygen atoms in total. The van der Waals surface area contributed by atoms with Crippen molar-refractivity contribution in [3.8, 4) is 11.6 Å². The highest BCUT2D eigenvalue weighted by Crippen LogP contribution is 2.35. The maximum atomic E-state index is 9.70. The number of nitrogens with one attached hydrogen (secondary N) is 2. The van der Waals surface area contributed by atoms with Gasteiger partial charge in [0.25, 0.3) is 5.88 Å². The van der Waals surface area contributed by atoms with E-state index in [1.165, 1.54) is 6.33 Å². The van der Waals surface area contributed by atoms with Gasteiger partial charge in [0, 0.05) is 0 Å². The fourth-order valence-electron chi connectivity index (χ4n) is 2.87. The molecule has 2 aromatic heterocycles. The number of anilines is 2. The molecular weight excluding hydrogens is 442 g/mol. The summed E-state index contributed by atoms with van der Waals surface area (Å²) in [5.74, 6) is 1.66. The lowest BCUT2D eigenvalue weighted by Crippen LogP contribution is -2.34. The van der Waals surface area contributed by atoms with Gasteiger partial charge in [0.1, 0.15) is 12.4 Å². The summed E-state index contributed by atoms with van der Waals surface area (Å²) in [6, 6.07) is 4.05. The highest BCUT2D eigenvalue weighted by Gasteiger charge is 2.20. The smallest absolute Gasteiger partial charge is 0.305 e. The molecule has 1 saturated heterocycles. The van der Waals surface area contributed by atoms with Gasteiger partial charge in [-0.25, -0.2) is 9.97 Å². The number of carbonyl (C=O) groups is 1. The molecule has 10 heteroatoms. The average molecular weight is 478 g/mol. The summed E-state index contributed by atoms with van der Waals surface area (Å²) in [5.41, 5.74) is 1.80. The Morgan fingerprint density at radius 2 is 2.00 bits per heavy atom. The van der Waals surface area contributed by atoms with Crippen LogP contribution in [0.3, 0.4) is 0 Å². The predicted molar refractivity (Wildman–Crippen MR) is 131 cm³/mol. The van der Waals surface area contributed by atoms with E-state index in [9.17, 15) is 4.79 Å². The number of carboxylic acids is 1. The predicted octanol–water partition coefficient (Wildman–Crippen LogP) is 4.29. The quantitative estimate of drug-likeness (QED) is 0.451. The van der Waals surface area contributed by atoms with E-state index in [2.05, 4.69) is 32.5 Å². The summed E-state index contributed by atoms with van der Waals surface area (Å²) < 4.78 is 11.6. The Morgan fingerprint density at radius 3 is 2.58 bits per heavy atom. The minimum atomic E-state index is -0.741. The van der Waals surface area contributed by atoms with Gasteiger partial charge >= 0.3 is 5.97 Å². The van der Waals surface area contributed by atoms with Gasteiger partial charge in [0.05, 0.1) is 29.4 Å². The van der Waals surface area contributed by atoms with E-state index in [0.29, 0.717) is 17.4 Å². The van der Waals surface area contributed by atoms with Crippen molar-refractivity contribution in [1.82, 2.24) is 20.3 Å². The fourth-order valence-corrected chi connectivity index (χ4v) is 3.65. The summed E-state index contributed by atoms with van der Waals surface area (Å²) in [5, 5.41) is 15.7. The molecule has 3 rings (SSSR count). The van der Waals surface area contributed by atoms with E-state index in [0.717, 1.165) is 54.5 Å². The number of methoxy groups -OCH3 is 1. The molecule has 0 aliphatic carbocycles. The number of hydrogen-bond donors (Lipinski definition) is 3. The van der Waals surface area contributed by atoms with Gasteiger partial charge in [0.2, 0.25) is 5.75 Å². The molecular formula is C23H35N5O4S.